The van der Waals surface area contributed by atoms with Gasteiger partial charge in [-0.05, 0) is 18.6 Å². The number of fused-ring (bicyclic) bond motifs is 1. The Labute approximate surface area is 129 Å². The average Bonchev–Trinajstić information content (AvgIpc) is 2.83. The fourth-order valence-corrected chi connectivity index (χ4v) is 2.52. The summed E-state index contributed by atoms with van der Waals surface area (Å²) in [6.07, 6.45) is -0.337. The molecule has 0 fully saturated rings. The maximum Gasteiger partial charge on any atom is 0.339 e. The molecule has 112 valence electrons. The van der Waals surface area contributed by atoms with Gasteiger partial charge in [0.1, 0.15) is 6.10 Å². The molecular weight excluding hydrogens is 278 g/mol. The monoisotopic (exact) mass is 295 g/mol. The minimum Gasteiger partial charge on any atom is -0.453 e. The van der Waals surface area contributed by atoms with Crippen molar-refractivity contribution in [3.05, 3.63) is 70.8 Å². The Morgan fingerprint density at radius 2 is 1.86 bits per heavy atom. The Bertz CT molecular complexity index is 707. The van der Waals surface area contributed by atoms with E-state index < -0.39 is 6.10 Å². The van der Waals surface area contributed by atoms with Gasteiger partial charge in [0, 0.05) is 12.1 Å². The second-order valence-electron chi connectivity index (χ2n) is 5.45. The van der Waals surface area contributed by atoms with Gasteiger partial charge < -0.3 is 10.1 Å². The first kappa shape index (κ1) is 14.3. The lowest BCUT2D eigenvalue weighted by molar-refractivity contribution is -0.123. The van der Waals surface area contributed by atoms with E-state index in [4.69, 9.17) is 4.74 Å². The number of esters is 1. The molecule has 4 heteroatoms. The van der Waals surface area contributed by atoms with Crippen LogP contribution < -0.4 is 5.32 Å². The molecule has 0 radical (unpaired) electrons. The molecule has 0 bridgehead atoms. The molecule has 1 aliphatic heterocycles. The minimum atomic E-state index is -0.485. The topological polar surface area (TPSA) is 55.4 Å². The van der Waals surface area contributed by atoms with Gasteiger partial charge in [-0.25, -0.2) is 4.79 Å². The van der Waals surface area contributed by atoms with Crippen LogP contribution in [0.25, 0.3) is 0 Å². The van der Waals surface area contributed by atoms with E-state index in [1.54, 1.807) is 12.1 Å². The van der Waals surface area contributed by atoms with Crippen molar-refractivity contribution >= 4 is 11.9 Å². The molecule has 2 aromatic rings. The molecule has 1 atom stereocenters. The molecule has 0 spiro atoms. The minimum absolute atomic E-state index is 0.130. The zero-order valence-electron chi connectivity index (χ0n) is 12.3. The van der Waals surface area contributed by atoms with Crippen LogP contribution >= 0.6 is 0 Å². The van der Waals surface area contributed by atoms with Gasteiger partial charge >= 0.3 is 5.97 Å². The molecule has 4 nitrogen and oxygen atoms in total. The summed E-state index contributed by atoms with van der Waals surface area (Å²) in [5, 5.41) is 2.86. The first-order chi connectivity index (χ1) is 10.6. The van der Waals surface area contributed by atoms with Crippen molar-refractivity contribution in [2.24, 2.45) is 0 Å². The highest BCUT2D eigenvalue weighted by Gasteiger charge is 2.31. The highest BCUT2D eigenvalue weighted by Crippen LogP contribution is 2.32. The molecule has 1 heterocycles. The lowest BCUT2D eigenvalue weighted by Gasteiger charge is -2.11. The van der Waals surface area contributed by atoms with E-state index in [0.29, 0.717) is 12.1 Å². The maximum absolute atomic E-state index is 12.1. The molecule has 22 heavy (non-hydrogen) atoms. The summed E-state index contributed by atoms with van der Waals surface area (Å²) < 4.78 is 5.27. The summed E-state index contributed by atoms with van der Waals surface area (Å²) in [6, 6.07) is 15.2. The third-order valence-electron chi connectivity index (χ3n) is 3.76. The van der Waals surface area contributed by atoms with Crippen molar-refractivity contribution < 1.29 is 14.3 Å². The molecule has 0 unspecified atom stereocenters. The van der Waals surface area contributed by atoms with Crippen LogP contribution in [-0.2, 0) is 16.1 Å². The number of carbonyl (C=O) groups excluding carboxylic acids is 2. The predicted octanol–water partition coefficient (Wildman–Crippen LogP) is 2.91. The number of nitrogens with one attached hydrogen (secondary N) is 1. The fourth-order valence-electron chi connectivity index (χ4n) is 2.52. The Morgan fingerprint density at radius 1 is 1.14 bits per heavy atom. The number of hydrogen-bond acceptors (Lipinski definition) is 3. The summed E-state index contributed by atoms with van der Waals surface area (Å²) in [6.45, 7) is 2.50. The van der Waals surface area contributed by atoms with Gasteiger partial charge in [0.2, 0.25) is 5.91 Å². The van der Waals surface area contributed by atoms with Crippen molar-refractivity contribution in [2.75, 3.05) is 0 Å². The Kier molecular flexibility index (Phi) is 3.92. The van der Waals surface area contributed by atoms with Crippen LogP contribution in [0.2, 0.25) is 0 Å². The van der Waals surface area contributed by atoms with E-state index in [2.05, 4.69) is 5.32 Å². The predicted molar refractivity (Wildman–Crippen MR) is 82.2 cm³/mol. The van der Waals surface area contributed by atoms with Crippen molar-refractivity contribution in [3.8, 4) is 0 Å². The second-order valence-corrected chi connectivity index (χ2v) is 5.45. The van der Waals surface area contributed by atoms with Gasteiger partial charge in [-0.2, -0.15) is 0 Å². The summed E-state index contributed by atoms with van der Waals surface area (Å²) >= 11 is 0. The third-order valence-corrected chi connectivity index (χ3v) is 3.76. The van der Waals surface area contributed by atoms with Crippen molar-refractivity contribution in [3.63, 3.8) is 0 Å². The van der Waals surface area contributed by atoms with Gasteiger partial charge in [0.15, 0.2) is 0 Å². The molecule has 1 aliphatic rings. The number of amides is 1. The molecule has 2 aromatic carbocycles. The van der Waals surface area contributed by atoms with Gasteiger partial charge in [-0.3, -0.25) is 4.79 Å². The quantitative estimate of drug-likeness (QED) is 0.882. The van der Waals surface area contributed by atoms with E-state index in [1.165, 1.54) is 5.56 Å². The number of aryl methyl sites for hydroxylation is 1. The summed E-state index contributed by atoms with van der Waals surface area (Å²) in [4.78, 5) is 23.8. The van der Waals surface area contributed by atoms with E-state index in [9.17, 15) is 9.59 Å². The van der Waals surface area contributed by atoms with Gasteiger partial charge in [0.25, 0.3) is 0 Å². The van der Waals surface area contributed by atoms with E-state index in [1.807, 2.05) is 43.3 Å². The summed E-state index contributed by atoms with van der Waals surface area (Å²) in [5.74, 6) is -0.484. The normalized spacial score (nSPS) is 16.0. The Hall–Kier alpha value is -2.62. The summed E-state index contributed by atoms with van der Waals surface area (Å²) in [5.41, 5.74) is 3.57. The molecule has 0 aliphatic carbocycles. The highest BCUT2D eigenvalue weighted by atomic mass is 16.5. The molecular formula is C18H17NO3. The van der Waals surface area contributed by atoms with Crippen LogP contribution in [0.15, 0.2) is 48.5 Å². The van der Waals surface area contributed by atoms with Crippen LogP contribution in [0.3, 0.4) is 0 Å². The Morgan fingerprint density at radius 3 is 2.64 bits per heavy atom. The number of benzene rings is 2. The standard InChI is InChI=1S/C18H17NO3/c1-12-6-8-13(9-7-12)11-19-17(20)10-16-14-4-2-3-5-15(14)18(21)22-16/h2-9,16H,10-11H2,1H3,(H,19,20)/t16-/m1/s1. The third kappa shape index (κ3) is 3.01. The lowest BCUT2D eigenvalue weighted by Crippen LogP contribution is -2.24. The smallest absolute Gasteiger partial charge is 0.339 e. The van der Waals surface area contributed by atoms with Gasteiger partial charge in [-0.1, -0.05) is 48.0 Å². The van der Waals surface area contributed by atoms with E-state index in [-0.39, 0.29) is 18.3 Å². The van der Waals surface area contributed by atoms with Crippen molar-refractivity contribution in [1.29, 1.82) is 0 Å². The zero-order chi connectivity index (χ0) is 15.5. The lowest BCUT2D eigenvalue weighted by atomic mass is 10.0. The van der Waals surface area contributed by atoms with Crippen LogP contribution in [-0.4, -0.2) is 11.9 Å². The fraction of sp³-hybridized carbons (Fsp3) is 0.222. The van der Waals surface area contributed by atoms with Crippen LogP contribution in [0.1, 0.15) is 39.6 Å². The van der Waals surface area contributed by atoms with E-state index >= 15 is 0 Å². The van der Waals surface area contributed by atoms with Gasteiger partial charge in [0.05, 0.1) is 12.0 Å². The zero-order valence-corrected chi connectivity index (χ0v) is 12.3. The molecule has 0 saturated heterocycles. The second kappa shape index (κ2) is 6.02. The van der Waals surface area contributed by atoms with Crippen molar-refractivity contribution in [1.82, 2.24) is 5.32 Å². The largest absolute Gasteiger partial charge is 0.453 e. The number of carbonyl (C=O) groups is 2. The highest BCUT2D eigenvalue weighted by molar-refractivity contribution is 5.94. The van der Waals surface area contributed by atoms with Crippen molar-refractivity contribution in [2.45, 2.75) is 26.0 Å². The molecule has 1 N–H and O–H groups in total. The van der Waals surface area contributed by atoms with Crippen LogP contribution in [0, 0.1) is 6.92 Å². The SMILES string of the molecule is Cc1ccc(CNC(=O)C[C@H]2OC(=O)c3ccccc32)cc1. The molecule has 0 saturated carbocycles. The summed E-state index contributed by atoms with van der Waals surface area (Å²) in [7, 11) is 0. The first-order valence-electron chi connectivity index (χ1n) is 7.25. The number of ether oxygens (including phenoxy) is 1. The van der Waals surface area contributed by atoms with E-state index in [0.717, 1.165) is 11.1 Å². The Balaban J connectivity index is 1.59. The van der Waals surface area contributed by atoms with Gasteiger partial charge in [-0.15, -0.1) is 0 Å². The number of cyclic esters (lactones) is 1. The first-order valence-corrected chi connectivity index (χ1v) is 7.25. The van der Waals surface area contributed by atoms with Crippen LogP contribution in [0.4, 0.5) is 0 Å². The molecule has 3 rings (SSSR count). The van der Waals surface area contributed by atoms with Crippen LogP contribution in [0.5, 0.6) is 0 Å². The molecule has 0 aromatic heterocycles. The number of hydrogen-bond donors (Lipinski definition) is 1. The maximum atomic E-state index is 12.1. The average molecular weight is 295 g/mol. The number of rotatable bonds is 4. The molecule has 1 amide bonds.